The Morgan fingerprint density at radius 3 is 2.86 bits per heavy atom. The fraction of sp³-hybridized carbons (Fsp3) is 0.267. The normalized spacial score (nSPS) is 17.3. The number of carbonyl (C=O) groups excluding carboxylic acids is 1. The highest BCUT2D eigenvalue weighted by Gasteiger charge is 2.29. The quantitative estimate of drug-likeness (QED) is 0.879. The van der Waals surface area contributed by atoms with Gasteiger partial charge in [0.05, 0.1) is 11.4 Å². The van der Waals surface area contributed by atoms with Crippen LogP contribution < -0.4 is 16.0 Å². The number of para-hydroxylation sites is 2. The Hall–Kier alpha value is -2.63. The lowest BCUT2D eigenvalue weighted by Crippen LogP contribution is -2.35. The molecule has 1 aliphatic heterocycles. The van der Waals surface area contributed by atoms with Gasteiger partial charge in [-0.05, 0) is 25.0 Å². The Labute approximate surface area is 122 Å². The van der Waals surface area contributed by atoms with E-state index in [-0.39, 0.29) is 12.5 Å². The molecule has 2 heterocycles. The number of nitrogens with two attached hydrogens (primary N) is 1. The van der Waals surface area contributed by atoms with E-state index in [1.54, 1.807) is 6.07 Å². The number of benzene rings is 1. The standard InChI is InChI=1S/C15H15N5O/c16-12-7-13(19-15(18-12)9-5-6-9)20-8-14(21)17-10-3-1-2-4-11(10)20/h1-4,7,9H,5-6,8H2,(H,17,21)(H2,16,18,19). The largest absolute Gasteiger partial charge is 0.384 e. The first-order chi connectivity index (χ1) is 10.2. The highest BCUT2D eigenvalue weighted by molar-refractivity contribution is 6.02. The van der Waals surface area contributed by atoms with Crippen LogP contribution in [0.4, 0.5) is 23.0 Å². The van der Waals surface area contributed by atoms with E-state index in [1.807, 2.05) is 29.2 Å². The molecule has 106 valence electrons. The van der Waals surface area contributed by atoms with Crippen molar-refractivity contribution in [2.75, 3.05) is 22.5 Å². The maximum atomic E-state index is 11.9. The highest BCUT2D eigenvalue weighted by atomic mass is 16.2. The lowest BCUT2D eigenvalue weighted by Gasteiger charge is -2.30. The number of fused-ring (bicyclic) bond motifs is 1. The Morgan fingerprint density at radius 2 is 2.05 bits per heavy atom. The molecule has 0 unspecified atom stereocenters. The molecule has 0 bridgehead atoms. The van der Waals surface area contributed by atoms with Crippen molar-refractivity contribution in [3.63, 3.8) is 0 Å². The minimum atomic E-state index is -0.0566. The molecule has 1 amide bonds. The number of aromatic nitrogens is 2. The Kier molecular flexibility index (Phi) is 2.57. The molecule has 6 heteroatoms. The highest BCUT2D eigenvalue weighted by Crippen LogP contribution is 2.40. The smallest absolute Gasteiger partial charge is 0.244 e. The summed E-state index contributed by atoms with van der Waals surface area (Å²) in [5.41, 5.74) is 7.63. The molecule has 4 rings (SSSR count). The molecule has 3 N–H and O–H groups in total. The molecular formula is C15H15N5O. The van der Waals surface area contributed by atoms with Crippen molar-refractivity contribution in [1.82, 2.24) is 9.97 Å². The van der Waals surface area contributed by atoms with E-state index in [9.17, 15) is 4.79 Å². The zero-order valence-electron chi connectivity index (χ0n) is 11.4. The topological polar surface area (TPSA) is 84.1 Å². The number of nitrogen functional groups attached to an aromatic ring is 1. The predicted octanol–water partition coefficient (Wildman–Crippen LogP) is 2.03. The first-order valence-electron chi connectivity index (χ1n) is 7.01. The molecule has 1 aromatic heterocycles. The fourth-order valence-corrected chi connectivity index (χ4v) is 2.57. The zero-order valence-corrected chi connectivity index (χ0v) is 11.4. The maximum Gasteiger partial charge on any atom is 0.244 e. The molecule has 21 heavy (non-hydrogen) atoms. The Balaban J connectivity index is 1.81. The van der Waals surface area contributed by atoms with Gasteiger partial charge >= 0.3 is 0 Å². The van der Waals surface area contributed by atoms with Gasteiger partial charge in [0, 0.05) is 12.0 Å². The van der Waals surface area contributed by atoms with Crippen LogP contribution in [0.3, 0.4) is 0 Å². The van der Waals surface area contributed by atoms with Crippen LogP contribution in [0.2, 0.25) is 0 Å². The van der Waals surface area contributed by atoms with Crippen molar-refractivity contribution in [3.05, 3.63) is 36.2 Å². The van der Waals surface area contributed by atoms with Crippen LogP contribution in [0.15, 0.2) is 30.3 Å². The van der Waals surface area contributed by atoms with Crippen molar-refractivity contribution in [1.29, 1.82) is 0 Å². The Bertz CT molecular complexity index is 726. The average Bonchev–Trinajstić information content (AvgIpc) is 3.30. The summed E-state index contributed by atoms with van der Waals surface area (Å²) >= 11 is 0. The number of anilines is 4. The molecule has 0 saturated heterocycles. The van der Waals surface area contributed by atoms with E-state index >= 15 is 0 Å². The van der Waals surface area contributed by atoms with E-state index in [0.29, 0.717) is 17.6 Å². The molecule has 0 radical (unpaired) electrons. The lowest BCUT2D eigenvalue weighted by molar-refractivity contribution is -0.115. The summed E-state index contributed by atoms with van der Waals surface area (Å²) in [5.74, 6) is 2.28. The van der Waals surface area contributed by atoms with Gasteiger partial charge in [-0.25, -0.2) is 9.97 Å². The molecule has 1 saturated carbocycles. The summed E-state index contributed by atoms with van der Waals surface area (Å²) in [6.07, 6.45) is 2.22. The van der Waals surface area contributed by atoms with Gasteiger partial charge in [-0.15, -0.1) is 0 Å². The number of hydrogen-bond acceptors (Lipinski definition) is 5. The molecule has 1 aromatic carbocycles. The van der Waals surface area contributed by atoms with Gasteiger partial charge in [0.25, 0.3) is 0 Å². The van der Waals surface area contributed by atoms with Crippen molar-refractivity contribution in [2.45, 2.75) is 18.8 Å². The monoisotopic (exact) mass is 281 g/mol. The predicted molar refractivity (Wildman–Crippen MR) is 80.5 cm³/mol. The van der Waals surface area contributed by atoms with E-state index < -0.39 is 0 Å². The molecule has 2 aromatic rings. The minimum absolute atomic E-state index is 0.0566. The first-order valence-corrected chi connectivity index (χ1v) is 7.01. The van der Waals surface area contributed by atoms with Crippen LogP contribution >= 0.6 is 0 Å². The third-order valence-electron chi connectivity index (χ3n) is 3.74. The third-order valence-corrected chi connectivity index (χ3v) is 3.74. The number of amides is 1. The average molecular weight is 281 g/mol. The number of carbonyl (C=O) groups is 1. The molecule has 1 aliphatic carbocycles. The number of nitrogens with zero attached hydrogens (tertiary/aromatic N) is 3. The summed E-state index contributed by atoms with van der Waals surface area (Å²) in [7, 11) is 0. The van der Waals surface area contributed by atoms with Gasteiger partial charge in [0.15, 0.2) is 0 Å². The molecule has 0 spiro atoms. The summed E-state index contributed by atoms with van der Waals surface area (Å²) < 4.78 is 0. The fourth-order valence-electron chi connectivity index (χ4n) is 2.57. The van der Waals surface area contributed by atoms with Crippen LogP contribution in [-0.4, -0.2) is 22.4 Å². The second-order valence-corrected chi connectivity index (χ2v) is 5.43. The second-order valence-electron chi connectivity index (χ2n) is 5.43. The number of hydrogen-bond donors (Lipinski definition) is 2. The molecule has 2 aliphatic rings. The molecular weight excluding hydrogens is 266 g/mol. The van der Waals surface area contributed by atoms with Gasteiger partial charge in [0.2, 0.25) is 5.91 Å². The van der Waals surface area contributed by atoms with Crippen molar-refractivity contribution in [3.8, 4) is 0 Å². The number of nitrogens with one attached hydrogen (secondary N) is 1. The van der Waals surface area contributed by atoms with Gasteiger partial charge < -0.3 is 16.0 Å². The van der Waals surface area contributed by atoms with E-state index in [1.165, 1.54) is 0 Å². The third kappa shape index (κ3) is 2.18. The van der Waals surface area contributed by atoms with E-state index in [2.05, 4.69) is 15.3 Å². The summed E-state index contributed by atoms with van der Waals surface area (Å²) in [6.45, 7) is 0.234. The second kappa shape index (κ2) is 4.44. The van der Waals surface area contributed by atoms with Crippen LogP contribution in [0.1, 0.15) is 24.6 Å². The molecule has 6 nitrogen and oxygen atoms in total. The van der Waals surface area contributed by atoms with Crippen LogP contribution in [0.25, 0.3) is 0 Å². The molecule has 1 fully saturated rings. The summed E-state index contributed by atoms with van der Waals surface area (Å²) in [6, 6.07) is 9.40. The first kappa shape index (κ1) is 12.1. The SMILES string of the molecule is Nc1cc(N2CC(=O)Nc3ccccc32)nc(C2CC2)n1. The summed E-state index contributed by atoms with van der Waals surface area (Å²) in [4.78, 5) is 22.7. The van der Waals surface area contributed by atoms with E-state index in [4.69, 9.17) is 5.73 Å². The zero-order chi connectivity index (χ0) is 14.4. The van der Waals surface area contributed by atoms with Gasteiger partial charge in [0.1, 0.15) is 24.0 Å². The van der Waals surface area contributed by atoms with Crippen molar-refractivity contribution in [2.24, 2.45) is 0 Å². The van der Waals surface area contributed by atoms with Gasteiger partial charge in [-0.2, -0.15) is 0 Å². The molecule has 0 atom stereocenters. The summed E-state index contributed by atoms with van der Waals surface area (Å²) in [5, 5.41) is 2.87. The maximum absolute atomic E-state index is 11.9. The minimum Gasteiger partial charge on any atom is -0.384 e. The van der Waals surface area contributed by atoms with Crippen LogP contribution in [0.5, 0.6) is 0 Å². The lowest BCUT2D eigenvalue weighted by atomic mass is 10.2. The van der Waals surface area contributed by atoms with Crippen molar-refractivity contribution < 1.29 is 4.79 Å². The number of rotatable bonds is 2. The van der Waals surface area contributed by atoms with Crippen LogP contribution in [0, 0.1) is 0 Å². The van der Waals surface area contributed by atoms with E-state index in [0.717, 1.165) is 30.0 Å². The van der Waals surface area contributed by atoms with Crippen molar-refractivity contribution >= 4 is 28.9 Å². The van der Waals surface area contributed by atoms with Crippen LogP contribution in [-0.2, 0) is 4.79 Å². The Morgan fingerprint density at radius 1 is 1.24 bits per heavy atom. The van der Waals surface area contributed by atoms with Gasteiger partial charge in [-0.1, -0.05) is 12.1 Å². The van der Waals surface area contributed by atoms with Gasteiger partial charge in [-0.3, -0.25) is 4.79 Å².